The third kappa shape index (κ3) is 22.4. The van der Waals surface area contributed by atoms with Crippen molar-refractivity contribution in [3.05, 3.63) is 106 Å². The van der Waals surface area contributed by atoms with Gasteiger partial charge in [0.25, 0.3) is 0 Å². The first-order valence-electron chi connectivity index (χ1n) is 14.3. The van der Waals surface area contributed by atoms with Gasteiger partial charge in [0.1, 0.15) is 67.4 Å². The van der Waals surface area contributed by atoms with Crippen LogP contribution >= 0.6 is 0 Å². The lowest BCUT2D eigenvalue weighted by molar-refractivity contribution is -0.142. The number of ether oxygens (including phenoxy) is 3. The van der Waals surface area contributed by atoms with Crippen molar-refractivity contribution in [1.82, 2.24) is 0 Å². The van der Waals surface area contributed by atoms with Crippen LogP contribution in [0.25, 0.3) is 0 Å². The van der Waals surface area contributed by atoms with Crippen LogP contribution in [-0.4, -0.2) is 97.6 Å². The number of hydrogen-bond acceptors (Lipinski definition) is 15. The Morgan fingerprint density at radius 3 is 1.29 bits per heavy atom. The van der Waals surface area contributed by atoms with Crippen molar-refractivity contribution >= 4 is 71.8 Å². The molecule has 51 heavy (non-hydrogen) atoms. The minimum absolute atomic E-state index is 0.0702. The predicted molar refractivity (Wildman–Crippen MR) is 181 cm³/mol. The highest BCUT2D eigenvalue weighted by molar-refractivity contribution is 7.86. The topological polar surface area (TPSA) is 250 Å². The Balaban J connectivity index is 0.000000382. The molecule has 3 aromatic carbocycles. The summed E-state index contributed by atoms with van der Waals surface area (Å²) in [5, 5.41) is 0. The van der Waals surface area contributed by atoms with E-state index in [0.29, 0.717) is 29.3 Å². The van der Waals surface area contributed by atoms with E-state index in [0.717, 1.165) is 16.7 Å². The third-order valence-corrected chi connectivity index (χ3v) is 7.66. The number of carbonyl (C=O) groups is 3. The average Bonchev–Trinajstić information content (AvgIpc) is 3.04. The summed E-state index contributed by atoms with van der Waals surface area (Å²) in [6.07, 6.45) is 1.05. The molecule has 0 saturated heterocycles. The highest BCUT2D eigenvalue weighted by Gasteiger charge is 2.10. The second-order valence-electron chi connectivity index (χ2n) is 10.1. The molecule has 0 unspecified atom stereocenters. The van der Waals surface area contributed by atoms with Crippen LogP contribution in [0.1, 0.15) is 33.4 Å². The smallest absolute Gasteiger partial charge is 0.320 e. The maximum Gasteiger partial charge on any atom is 0.320 e. The zero-order chi connectivity index (χ0) is 38.7. The lowest BCUT2D eigenvalue weighted by Gasteiger charge is -2.10. The van der Waals surface area contributed by atoms with Crippen molar-refractivity contribution in [2.75, 3.05) is 17.3 Å². The van der Waals surface area contributed by atoms with Crippen LogP contribution in [0, 0.1) is 0 Å². The predicted octanol–water partition coefficient (Wildman–Crippen LogP) is -0.169. The quantitative estimate of drug-likeness (QED) is 0.0844. The monoisotopic (exact) mass is 759 g/mol. The molecule has 3 aromatic rings. The normalized spacial score (nSPS) is 11.1. The fourth-order valence-electron chi connectivity index (χ4n) is 3.56. The van der Waals surface area contributed by atoms with E-state index >= 15 is 0 Å². The number of benzene rings is 3. The van der Waals surface area contributed by atoms with Gasteiger partial charge < -0.3 is 27.9 Å². The first-order valence-corrected chi connectivity index (χ1v) is 19.1. The molecule has 0 N–H and O–H groups in total. The standard InChI is InChI=1S/3C10H11BO5S/c11-5-8-1-3-9(4-2-8)6-16-10(12)7-17(13,14)15;11-5-8-2-1-3-9(4-8)6-16-10(12)7-17(13,14)15;11-5-8-3-1-2-4-9(8)6-16-10(12)7-17(13,14)15/h3*1-4H,5-7H2,(H,13,14,15)/p-3. The van der Waals surface area contributed by atoms with Gasteiger partial charge in [0.2, 0.25) is 0 Å². The van der Waals surface area contributed by atoms with Gasteiger partial charge in [0, 0.05) is 0 Å². The molecule has 0 aliphatic heterocycles. The summed E-state index contributed by atoms with van der Waals surface area (Å²) in [5.41, 5.74) is 4.66. The summed E-state index contributed by atoms with van der Waals surface area (Å²) < 4.78 is 106. The molecule has 0 bridgehead atoms. The van der Waals surface area contributed by atoms with E-state index < -0.39 is 65.5 Å². The molecule has 0 saturated carbocycles. The Bertz CT molecular complexity index is 1920. The number of rotatable bonds is 15. The van der Waals surface area contributed by atoms with Crippen molar-refractivity contribution in [3.8, 4) is 0 Å². The van der Waals surface area contributed by atoms with Gasteiger partial charge in [-0.15, -0.1) is 0 Å². The summed E-state index contributed by atoms with van der Waals surface area (Å²) in [6.45, 7) is -0.247. The van der Waals surface area contributed by atoms with E-state index in [1.807, 2.05) is 6.07 Å². The van der Waals surface area contributed by atoms with E-state index in [1.54, 1.807) is 66.7 Å². The molecule has 0 aliphatic rings. The van der Waals surface area contributed by atoms with Crippen LogP contribution in [0.2, 0.25) is 0 Å². The molecule has 270 valence electrons. The summed E-state index contributed by atoms with van der Waals surface area (Å²) in [7, 11) is 2.55. The third-order valence-electron chi connectivity index (χ3n) is 5.90. The number of carbonyl (C=O) groups excluding carboxylic acids is 3. The van der Waals surface area contributed by atoms with Crippen molar-refractivity contribution in [2.45, 2.75) is 38.8 Å². The zero-order valence-corrected chi connectivity index (χ0v) is 29.3. The maximum absolute atomic E-state index is 11.0. The molecular weight excluding hydrogens is 729 g/mol. The van der Waals surface area contributed by atoms with Crippen molar-refractivity contribution in [2.24, 2.45) is 0 Å². The fraction of sp³-hybridized carbons (Fsp3) is 0.300. The lowest BCUT2D eigenvalue weighted by Crippen LogP contribution is -2.18. The molecule has 0 spiro atoms. The number of esters is 3. The van der Waals surface area contributed by atoms with Crippen LogP contribution in [0.3, 0.4) is 0 Å². The van der Waals surface area contributed by atoms with Gasteiger partial charge in [-0.05, 0) is 22.3 Å². The SMILES string of the molecule is [B]Cc1ccc(COC(=O)CS(=O)(=O)[O-])cc1.[B]Cc1cccc(COC(=O)CS(=O)(=O)[O-])c1.[B]Cc1ccccc1COC(=O)CS(=O)(=O)[O-]. The molecule has 0 heterocycles. The Morgan fingerprint density at radius 2 is 0.863 bits per heavy atom. The van der Waals surface area contributed by atoms with Gasteiger partial charge in [-0.25, -0.2) is 25.3 Å². The molecule has 0 atom stereocenters. The van der Waals surface area contributed by atoms with Crippen LogP contribution in [-0.2, 0) is 97.7 Å². The molecular formula is C30H30B3O15S3-3. The van der Waals surface area contributed by atoms with Crippen LogP contribution in [0.15, 0.2) is 72.8 Å². The first-order chi connectivity index (χ1) is 23.7. The summed E-state index contributed by atoms with van der Waals surface area (Å²) in [4.78, 5) is 32.9. The number of hydrogen-bond donors (Lipinski definition) is 0. The molecule has 0 amide bonds. The Kier molecular flexibility index (Phi) is 19.5. The van der Waals surface area contributed by atoms with E-state index in [4.69, 9.17) is 23.5 Å². The average molecular weight is 759 g/mol. The van der Waals surface area contributed by atoms with Gasteiger partial charge in [-0.3, -0.25) is 14.4 Å². The molecule has 6 radical (unpaired) electrons. The highest BCUT2D eigenvalue weighted by atomic mass is 32.2. The first kappa shape index (κ1) is 45.0. The van der Waals surface area contributed by atoms with Crippen LogP contribution in [0.5, 0.6) is 0 Å². The van der Waals surface area contributed by atoms with E-state index in [-0.39, 0.29) is 26.1 Å². The van der Waals surface area contributed by atoms with Crippen molar-refractivity contribution in [3.63, 3.8) is 0 Å². The largest absolute Gasteiger partial charge is 0.748 e. The van der Waals surface area contributed by atoms with Crippen LogP contribution in [0.4, 0.5) is 0 Å². The summed E-state index contributed by atoms with van der Waals surface area (Å²) in [6, 6.07) is 21.0. The van der Waals surface area contributed by atoms with Gasteiger partial charge in [-0.2, -0.15) is 0 Å². The maximum atomic E-state index is 11.0. The highest BCUT2D eigenvalue weighted by Crippen LogP contribution is 2.10. The minimum Gasteiger partial charge on any atom is -0.748 e. The molecule has 3 rings (SSSR count). The molecule has 15 nitrogen and oxygen atoms in total. The van der Waals surface area contributed by atoms with Gasteiger partial charge in [0.15, 0.2) is 0 Å². The van der Waals surface area contributed by atoms with Crippen molar-refractivity contribution < 1.29 is 67.5 Å². The molecule has 0 aromatic heterocycles. The fourth-order valence-corrected chi connectivity index (χ4v) is 4.68. The molecule has 21 heteroatoms. The Labute approximate surface area is 300 Å². The second kappa shape index (κ2) is 22.0. The van der Waals surface area contributed by atoms with E-state index in [2.05, 4.69) is 14.2 Å². The van der Waals surface area contributed by atoms with Gasteiger partial charge in [0.05, 0.1) is 23.5 Å². The summed E-state index contributed by atoms with van der Waals surface area (Å²) >= 11 is 0. The summed E-state index contributed by atoms with van der Waals surface area (Å²) in [5.74, 6) is -6.62. The zero-order valence-electron chi connectivity index (χ0n) is 26.9. The van der Waals surface area contributed by atoms with E-state index in [9.17, 15) is 53.3 Å². The van der Waals surface area contributed by atoms with Gasteiger partial charge >= 0.3 is 17.9 Å². The lowest BCUT2D eigenvalue weighted by atomic mass is 9.93. The van der Waals surface area contributed by atoms with Crippen LogP contribution < -0.4 is 0 Å². The van der Waals surface area contributed by atoms with E-state index in [1.165, 1.54) is 0 Å². The minimum atomic E-state index is -4.59. The van der Waals surface area contributed by atoms with Crippen molar-refractivity contribution in [1.29, 1.82) is 0 Å². The Morgan fingerprint density at radius 1 is 0.471 bits per heavy atom. The molecule has 0 aliphatic carbocycles. The second-order valence-corrected chi connectivity index (χ2v) is 14.3. The van der Waals surface area contributed by atoms with Gasteiger partial charge in [-0.1, -0.05) is 103 Å². The molecule has 0 fully saturated rings. The Hall–Kier alpha value is -4.01.